The summed E-state index contributed by atoms with van der Waals surface area (Å²) in [6, 6.07) is 1.41. The number of fused-ring (bicyclic) bond motifs is 1. The zero-order valence-corrected chi connectivity index (χ0v) is 13.0. The minimum absolute atomic E-state index is 0.0235. The van der Waals surface area contributed by atoms with Crippen LogP contribution in [0.25, 0.3) is 0 Å². The van der Waals surface area contributed by atoms with Crippen molar-refractivity contribution in [3.63, 3.8) is 0 Å². The highest BCUT2D eigenvalue weighted by Gasteiger charge is 2.33. The second-order valence-electron chi connectivity index (χ2n) is 5.35. The molecule has 1 atom stereocenters. The molecule has 0 aliphatic heterocycles. The molecule has 8 nitrogen and oxygen atoms in total. The van der Waals surface area contributed by atoms with E-state index in [1.165, 1.54) is 13.8 Å². The van der Waals surface area contributed by atoms with Gasteiger partial charge in [-0.3, -0.25) is 19.2 Å². The quantitative estimate of drug-likeness (QED) is 0.576. The van der Waals surface area contributed by atoms with E-state index in [2.05, 4.69) is 10.6 Å². The highest BCUT2D eigenvalue weighted by molar-refractivity contribution is 6.27. The number of hydrogen-bond acceptors (Lipinski definition) is 6. The van der Waals surface area contributed by atoms with Crippen LogP contribution in [0.2, 0.25) is 0 Å². The molecule has 0 radical (unpaired) electrons. The predicted molar refractivity (Wildman–Crippen MR) is 82.8 cm³/mol. The average Bonchev–Trinajstić information content (AvgIpc) is 2.50. The Morgan fingerprint density at radius 2 is 1.71 bits per heavy atom. The van der Waals surface area contributed by atoms with Crippen molar-refractivity contribution in [3.05, 3.63) is 34.9 Å². The molecular weight excluding hydrogens is 316 g/mol. The number of amides is 2. The minimum atomic E-state index is -0.822. The van der Waals surface area contributed by atoms with Gasteiger partial charge in [0.1, 0.15) is 11.5 Å². The first-order chi connectivity index (χ1) is 11.2. The predicted octanol–water partition coefficient (Wildman–Crippen LogP) is 0.0440. The average molecular weight is 332 g/mol. The Kier molecular flexibility index (Phi) is 4.68. The standard InChI is InChI=1S/C16H16N2O6/c1-7(18-13(23)6-17-8(2)19)9-5-12(22)14-10(20)3-4-11(21)15(14)16(9)24/h3-5,7,20-21H,6H2,1-2H3,(H,17,19)(H,18,23). The van der Waals surface area contributed by atoms with Crippen molar-refractivity contribution in [2.75, 3.05) is 6.54 Å². The topological polar surface area (TPSA) is 133 Å². The molecule has 1 unspecified atom stereocenters. The first kappa shape index (κ1) is 17.2. The van der Waals surface area contributed by atoms with Crippen LogP contribution in [-0.4, -0.2) is 46.2 Å². The zero-order valence-electron chi connectivity index (χ0n) is 13.0. The van der Waals surface area contributed by atoms with Crippen LogP contribution in [0.1, 0.15) is 34.6 Å². The molecule has 1 aromatic carbocycles. The van der Waals surface area contributed by atoms with E-state index < -0.39 is 35.0 Å². The zero-order chi connectivity index (χ0) is 18.0. The summed E-state index contributed by atoms with van der Waals surface area (Å²) in [4.78, 5) is 47.2. The van der Waals surface area contributed by atoms with Crippen LogP contribution in [0.4, 0.5) is 0 Å². The molecule has 8 heteroatoms. The van der Waals surface area contributed by atoms with Crippen molar-refractivity contribution in [3.8, 4) is 11.5 Å². The Hall–Kier alpha value is -3.16. The smallest absolute Gasteiger partial charge is 0.239 e. The molecule has 0 aromatic heterocycles. The summed E-state index contributed by atoms with van der Waals surface area (Å²) in [6.07, 6.45) is 1.02. The highest BCUT2D eigenvalue weighted by atomic mass is 16.3. The summed E-state index contributed by atoms with van der Waals surface area (Å²) in [5, 5.41) is 24.4. The van der Waals surface area contributed by atoms with Crippen LogP contribution in [0, 0.1) is 0 Å². The summed E-state index contributed by atoms with van der Waals surface area (Å²) in [5.74, 6) is -3.05. The third kappa shape index (κ3) is 3.27. The van der Waals surface area contributed by atoms with Gasteiger partial charge in [-0.2, -0.15) is 0 Å². The molecule has 24 heavy (non-hydrogen) atoms. The summed E-state index contributed by atoms with van der Waals surface area (Å²) in [5.41, 5.74) is -0.578. The van der Waals surface area contributed by atoms with Crippen molar-refractivity contribution in [2.45, 2.75) is 19.9 Å². The van der Waals surface area contributed by atoms with Gasteiger partial charge in [-0.25, -0.2) is 0 Å². The number of ketones is 2. The Labute approximate surface area is 137 Å². The van der Waals surface area contributed by atoms with Crippen molar-refractivity contribution >= 4 is 23.4 Å². The number of aromatic hydroxyl groups is 2. The lowest BCUT2D eigenvalue weighted by molar-refractivity contribution is -0.125. The number of phenols is 2. The maximum atomic E-state index is 12.5. The number of rotatable bonds is 4. The SMILES string of the molecule is CC(=O)NCC(=O)NC(C)C1=CC(=O)c2c(O)ccc(O)c2C1=O. The second-order valence-corrected chi connectivity index (χ2v) is 5.35. The van der Waals surface area contributed by atoms with Crippen LogP contribution in [0.5, 0.6) is 11.5 Å². The Balaban J connectivity index is 2.25. The molecule has 0 saturated carbocycles. The fraction of sp³-hybridized carbons (Fsp3) is 0.250. The fourth-order valence-corrected chi connectivity index (χ4v) is 2.38. The molecule has 0 saturated heterocycles. The van der Waals surface area contributed by atoms with Gasteiger partial charge >= 0.3 is 0 Å². The van der Waals surface area contributed by atoms with Gasteiger partial charge in [-0.1, -0.05) is 0 Å². The van der Waals surface area contributed by atoms with E-state index in [1.807, 2.05) is 0 Å². The van der Waals surface area contributed by atoms with Gasteiger partial charge in [0.25, 0.3) is 0 Å². The molecule has 1 aliphatic carbocycles. The third-order valence-corrected chi connectivity index (χ3v) is 3.53. The van der Waals surface area contributed by atoms with Crippen LogP contribution in [0.3, 0.4) is 0 Å². The largest absolute Gasteiger partial charge is 0.507 e. The van der Waals surface area contributed by atoms with Crippen molar-refractivity contribution < 1.29 is 29.4 Å². The first-order valence-electron chi connectivity index (χ1n) is 7.11. The molecule has 1 aromatic rings. The Morgan fingerprint density at radius 1 is 1.12 bits per heavy atom. The van der Waals surface area contributed by atoms with Crippen LogP contribution in [0.15, 0.2) is 23.8 Å². The Bertz CT molecular complexity index is 781. The molecule has 0 fully saturated rings. The molecule has 0 bridgehead atoms. The first-order valence-corrected chi connectivity index (χ1v) is 7.11. The molecule has 0 spiro atoms. The monoisotopic (exact) mass is 332 g/mol. The van der Waals surface area contributed by atoms with Crippen molar-refractivity contribution in [2.24, 2.45) is 0 Å². The number of hydrogen-bond donors (Lipinski definition) is 4. The van der Waals surface area contributed by atoms with Crippen molar-refractivity contribution in [1.82, 2.24) is 10.6 Å². The maximum Gasteiger partial charge on any atom is 0.239 e. The summed E-state index contributed by atoms with van der Waals surface area (Å²) < 4.78 is 0. The van der Waals surface area contributed by atoms with Crippen LogP contribution in [-0.2, 0) is 9.59 Å². The van der Waals surface area contributed by atoms with Gasteiger partial charge in [0, 0.05) is 12.5 Å². The number of carbonyl (C=O) groups is 4. The number of Topliss-reactive ketones (excluding diaryl/α,β-unsaturated/α-hetero) is 1. The van der Waals surface area contributed by atoms with Gasteiger partial charge in [-0.05, 0) is 25.1 Å². The van der Waals surface area contributed by atoms with E-state index in [0.717, 1.165) is 18.2 Å². The molecule has 2 amide bonds. The maximum absolute atomic E-state index is 12.5. The van der Waals surface area contributed by atoms with Gasteiger partial charge in [-0.15, -0.1) is 0 Å². The molecule has 1 aliphatic rings. The van der Waals surface area contributed by atoms with Gasteiger partial charge < -0.3 is 20.8 Å². The molecule has 2 rings (SSSR count). The van der Waals surface area contributed by atoms with Crippen LogP contribution >= 0.6 is 0 Å². The van der Waals surface area contributed by atoms with E-state index in [-0.39, 0.29) is 29.2 Å². The lowest BCUT2D eigenvalue weighted by Crippen LogP contribution is -2.43. The highest BCUT2D eigenvalue weighted by Crippen LogP contribution is 2.35. The summed E-state index contributed by atoms with van der Waals surface area (Å²) >= 11 is 0. The molecular formula is C16H16N2O6. The number of phenolic OH excluding ortho intramolecular Hbond substituents is 2. The summed E-state index contributed by atoms with van der Waals surface area (Å²) in [6.45, 7) is 2.49. The second kappa shape index (κ2) is 6.53. The van der Waals surface area contributed by atoms with E-state index >= 15 is 0 Å². The van der Waals surface area contributed by atoms with E-state index in [9.17, 15) is 29.4 Å². The molecule has 126 valence electrons. The van der Waals surface area contributed by atoms with Crippen molar-refractivity contribution in [1.29, 1.82) is 0 Å². The molecule has 0 heterocycles. The van der Waals surface area contributed by atoms with Gasteiger partial charge in [0.05, 0.1) is 23.7 Å². The normalized spacial score (nSPS) is 14.5. The van der Waals surface area contributed by atoms with E-state index in [1.54, 1.807) is 0 Å². The van der Waals surface area contributed by atoms with E-state index in [0.29, 0.717) is 0 Å². The third-order valence-electron chi connectivity index (χ3n) is 3.53. The van der Waals surface area contributed by atoms with Crippen LogP contribution < -0.4 is 10.6 Å². The Morgan fingerprint density at radius 3 is 2.29 bits per heavy atom. The number of nitrogens with one attached hydrogen (secondary N) is 2. The summed E-state index contributed by atoms with van der Waals surface area (Å²) in [7, 11) is 0. The van der Waals surface area contributed by atoms with E-state index in [4.69, 9.17) is 0 Å². The van der Waals surface area contributed by atoms with Gasteiger partial charge in [0.15, 0.2) is 11.6 Å². The number of carbonyl (C=O) groups excluding carboxylic acids is 4. The number of allylic oxidation sites excluding steroid dienone is 1. The fourth-order valence-electron chi connectivity index (χ4n) is 2.38. The van der Waals surface area contributed by atoms with Gasteiger partial charge in [0.2, 0.25) is 11.8 Å². The lowest BCUT2D eigenvalue weighted by Gasteiger charge is -2.22. The number of benzene rings is 1. The molecule has 4 N–H and O–H groups in total. The lowest BCUT2D eigenvalue weighted by atomic mass is 9.85. The minimum Gasteiger partial charge on any atom is -0.507 e.